The summed E-state index contributed by atoms with van der Waals surface area (Å²) in [5.41, 5.74) is 2.98. The molecule has 2 rings (SSSR count). The van der Waals surface area contributed by atoms with Crippen molar-refractivity contribution in [3.63, 3.8) is 0 Å². The molecule has 0 bridgehead atoms. The average molecular weight is 264 g/mol. The van der Waals surface area contributed by atoms with E-state index in [1.165, 1.54) is 0 Å². The molecule has 18 heavy (non-hydrogen) atoms. The number of benzene rings is 1. The monoisotopic (exact) mass is 263 g/mol. The molecule has 4 nitrogen and oxygen atoms in total. The van der Waals surface area contributed by atoms with Crippen molar-refractivity contribution in [3.05, 3.63) is 40.8 Å². The summed E-state index contributed by atoms with van der Waals surface area (Å²) in [6.07, 6.45) is 1.69. The fraction of sp³-hybridized carbons (Fsp3) is 0.231. The van der Waals surface area contributed by atoms with Crippen LogP contribution in [0.25, 0.3) is 0 Å². The summed E-state index contributed by atoms with van der Waals surface area (Å²) in [5, 5.41) is 3.47. The second-order valence-corrected chi connectivity index (χ2v) is 4.31. The minimum atomic E-state index is 0.231. The highest BCUT2D eigenvalue weighted by Crippen LogP contribution is 2.25. The molecule has 0 saturated heterocycles. The quantitative estimate of drug-likeness (QED) is 0.861. The highest BCUT2D eigenvalue weighted by atomic mass is 35.5. The van der Waals surface area contributed by atoms with Gasteiger partial charge in [0.15, 0.2) is 0 Å². The molecule has 1 N–H and O–H groups in total. The van der Waals surface area contributed by atoms with Crippen LogP contribution >= 0.6 is 11.6 Å². The van der Waals surface area contributed by atoms with Gasteiger partial charge in [0.2, 0.25) is 5.28 Å². The molecule has 0 radical (unpaired) electrons. The molecule has 1 aromatic carbocycles. The molecule has 0 aliphatic heterocycles. The van der Waals surface area contributed by atoms with Crippen LogP contribution in [0.4, 0.5) is 11.5 Å². The Balaban J connectivity index is 2.31. The first-order valence-electron chi connectivity index (χ1n) is 5.51. The van der Waals surface area contributed by atoms with Crippen molar-refractivity contribution in [2.75, 3.05) is 12.4 Å². The lowest BCUT2D eigenvalue weighted by atomic mass is 10.2. The fourth-order valence-corrected chi connectivity index (χ4v) is 1.71. The standard InChI is InChI=1S/C13H14ClN3O/c1-8-6-10(18-3)4-5-11(8)16-12-9(2)7-15-13(14)17-12/h4-7H,1-3H3,(H,15,16,17). The Bertz CT molecular complexity index is 572. The third kappa shape index (κ3) is 2.71. The Morgan fingerprint density at radius 2 is 2.00 bits per heavy atom. The zero-order chi connectivity index (χ0) is 13.1. The predicted octanol–water partition coefficient (Wildman–Crippen LogP) is 3.50. The molecule has 0 aliphatic rings. The van der Waals surface area contributed by atoms with Crippen molar-refractivity contribution in [1.82, 2.24) is 9.97 Å². The van der Waals surface area contributed by atoms with E-state index in [0.717, 1.165) is 22.6 Å². The number of aryl methyl sites for hydroxylation is 2. The van der Waals surface area contributed by atoms with Crippen LogP contribution in [0.2, 0.25) is 5.28 Å². The predicted molar refractivity (Wildman–Crippen MR) is 72.8 cm³/mol. The van der Waals surface area contributed by atoms with Gasteiger partial charge in [-0.05, 0) is 49.2 Å². The second-order valence-electron chi connectivity index (χ2n) is 3.98. The van der Waals surface area contributed by atoms with E-state index in [1.807, 2.05) is 32.0 Å². The maximum Gasteiger partial charge on any atom is 0.224 e. The number of halogens is 1. The van der Waals surface area contributed by atoms with E-state index in [0.29, 0.717) is 5.82 Å². The van der Waals surface area contributed by atoms with Crippen molar-refractivity contribution in [3.8, 4) is 5.75 Å². The van der Waals surface area contributed by atoms with Gasteiger partial charge in [0.1, 0.15) is 11.6 Å². The largest absolute Gasteiger partial charge is 0.497 e. The summed E-state index contributed by atoms with van der Waals surface area (Å²) >= 11 is 5.79. The maximum absolute atomic E-state index is 5.79. The van der Waals surface area contributed by atoms with Gasteiger partial charge >= 0.3 is 0 Å². The van der Waals surface area contributed by atoms with Crippen LogP contribution in [0.5, 0.6) is 5.75 Å². The summed E-state index contributed by atoms with van der Waals surface area (Å²) in [5.74, 6) is 1.54. The summed E-state index contributed by atoms with van der Waals surface area (Å²) in [6.45, 7) is 3.93. The van der Waals surface area contributed by atoms with Crippen LogP contribution in [0.15, 0.2) is 24.4 Å². The highest BCUT2D eigenvalue weighted by molar-refractivity contribution is 6.28. The maximum atomic E-state index is 5.79. The highest BCUT2D eigenvalue weighted by Gasteiger charge is 2.05. The minimum Gasteiger partial charge on any atom is -0.497 e. The second kappa shape index (κ2) is 5.23. The SMILES string of the molecule is COc1ccc(Nc2nc(Cl)ncc2C)c(C)c1. The van der Waals surface area contributed by atoms with Crippen molar-refractivity contribution >= 4 is 23.1 Å². The zero-order valence-electron chi connectivity index (χ0n) is 10.5. The summed E-state index contributed by atoms with van der Waals surface area (Å²) < 4.78 is 5.17. The number of nitrogens with one attached hydrogen (secondary N) is 1. The van der Waals surface area contributed by atoms with Crippen LogP contribution < -0.4 is 10.1 Å². The number of anilines is 2. The average Bonchev–Trinajstić information content (AvgIpc) is 2.36. The van der Waals surface area contributed by atoms with Crippen molar-refractivity contribution in [2.24, 2.45) is 0 Å². The third-order valence-electron chi connectivity index (χ3n) is 2.63. The molecule has 2 aromatic rings. The Hall–Kier alpha value is -1.81. The molecule has 0 amide bonds. The lowest BCUT2D eigenvalue weighted by molar-refractivity contribution is 0.414. The van der Waals surface area contributed by atoms with Crippen LogP contribution in [0.3, 0.4) is 0 Å². The van der Waals surface area contributed by atoms with E-state index >= 15 is 0 Å². The van der Waals surface area contributed by atoms with Gasteiger partial charge < -0.3 is 10.1 Å². The molecule has 0 spiro atoms. The van der Waals surface area contributed by atoms with Gasteiger partial charge in [-0.2, -0.15) is 0 Å². The molecule has 1 aromatic heterocycles. The zero-order valence-corrected chi connectivity index (χ0v) is 11.2. The van der Waals surface area contributed by atoms with Crippen molar-refractivity contribution in [2.45, 2.75) is 13.8 Å². The minimum absolute atomic E-state index is 0.231. The van der Waals surface area contributed by atoms with Crippen LogP contribution in [0.1, 0.15) is 11.1 Å². The number of methoxy groups -OCH3 is 1. The molecular weight excluding hydrogens is 250 g/mol. The molecular formula is C13H14ClN3O. The first kappa shape index (κ1) is 12.6. The van der Waals surface area contributed by atoms with Crippen LogP contribution in [-0.4, -0.2) is 17.1 Å². The number of ether oxygens (including phenoxy) is 1. The number of hydrogen-bond acceptors (Lipinski definition) is 4. The Labute approximate surface area is 111 Å². The van der Waals surface area contributed by atoms with Gasteiger partial charge in [0.25, 0.3) is 0 Å². The molecule has 5 heteroatoms. The smallest absolute Gasteiger partial charge is 0.224 e. The van der Waals surface area contributed by atoms with Crippen LogP contribution in [0, 0.1) is 13.8 Å². The Morgan fingerprint density at radius 1 is 1.22 bits per heavy atom. The van der Waals surface area contributed by atoms with Gasteiger partial charge in [-0.15, -0.1) is 0 Å². The first-order chi connectivity index (χ1) is 8.60. The van der Waals surface area contributed by atoms with Gasteiger partial charge in [-0.1, -0.05) is 0 Å². The molecule has 0 atom stereocenters. The lowest BCUT2D eigenvalue weighted by Crippen LogP contribution is -1.99. The van der Waals surface area contributed by atoms with E-state index in [1.54, 1.807) is 13.3 Å². The van der Waals surface area contributed by atoms with Gasteiger partial charge in [0.05, 0.1) is 7.11 Å². The number of rotatable bonds is 3. The van der Waals surface area contributed by atoms with Crippen molar-refractivity contribution < 1.29 is 4.74 Å². The number of hydrogen-bond donors (Lipinski definition) is 1. The lowest BCUT2D eigenvalue weighted by Gasteiger charge is -2.11. The number of aromatic nitrogens is 2. The van der Waals surface area contributed by atoms with Gasteiger partial charge in [-0.3, -0.25) is 0 Å². The van der Waals surface area contributed by atoms with E-state index in [2.05, 4.69) is 15.3 Å². The van der Waals surface area contributed by atoms with Gasteiger partial charge in [-0.25, -0.2) is 9.97 Å². The molecule has 0 fully saturated rings. The molecule has 0 saturated carbocycles. The first-order valence-corrected chi connectivity index (χ1v) is 5.89. The normalized spacial score (nSPS) is 10.2. The van der Waals surface area contributed by atoms with Gasteiger partial charge in [0, 0.05) is 17.4 Å². The third-order valence-corrected chi connectivity index (χ3v) is 2.81. The molecule has 0 aliphatic carbocycles. The molecule has 0 unspecified atom stereocenters. The number of nitrogens with zero attached hydrogens (tertiary/aromatic N) is 2. The topological polar surface area (TPSA) is 47.0 Å². The summed E-state index contributed by atoms with van der Waals surface area (Å²) in [6, 6.07) is 5.80. The van der Waals surface area contributed by atoms with E-state index in [-0.39, 0.29) is 5.28 Å². The van der Waals surface area contributed by atoms with Crippen LogP contribution in [-0.2, 0) is 0 Å². The Morgan fingerprint density at radius 3 is 2.67 bits per heavy atom. The Kier molecular flexibility index (Phi) is 3.67. The van der Waals surface area contributed by atoms with Crippen molar-refractivity contribution in [1.29, 1.82) is 0 Å². The molecule has 94 valence electrons. The van der Waals surface area contributed by atoms with E-state index in [9.17, 15) is 0 Å². The fourth-order valence-electron chi connectivity index (χ4n) is 1.58. The summed E-state index contributed by atoms with van der Waals surface area (Å²) in [4.78, 5) is 8.09. The summed E-state index contributed by atoms with van der Waals surface area (Å²) in [7, 11) is 1.65. The van der Waals surface area contributed by atoms with E-state index in [4.69, 9.17) is 16.3 Å². The molecule has 1 heterocycles. The van der Waals surface area contributed by atoms with E-state index < -0.39 is 0 Å².